The summed E-state index contributed by atoms with van der Waals surface area (Å²) in [6.45, 7) is 7.40. The predicted octanol–water partition coefficient (Wildman–Crippen LogP) is 6.20. The maximum atomic E-state index is 14.6. The number of rotatable bonds is 13. The quantitative estimate of drug-likeness (QED) is 0.159. The van der Waals surface area contributed by atoms with Crippen LogP contribution in [-0.2, 0) is 20.9 Å². The predicted molar refractivity (Wildman–Crippen MR) is 184 cm³/mol. The number of pyridine rings is 1. The van der Waals surface area contributed by atoms with E-state index in [0.717, 1.165) is 5.56 Å². The number of nitrogens with one attached hydrogen (secondary N) is 2. The molecule has 2 N–H and O–H groups in total. The van der Waals surface area contributed by atoms with Gasteiger partial charge >= 0.3 is 11.5 Å². The highest BCUT2D eigenvalue weighted by Crippen LogP contribution is 2.48. The number of aromatic amines is 1. The zero-order valence-corrected chi connectivity index (χ0v) is 28.6. The number of hydrogen-bond acceptors (Lipinski definition) is 8. The second kappa shape index (κ2) is 15.9. The summed E-state index contributed by atoms with van der Waals surface area (Å²) in [4.78, 5) is 60.0. The molecule has 1 saturated heterocycles. The molecule has 0 spiro atoms. The third-order valence-corrected chi connectivity index (χ3v) is 9.50. The standard InChI is InChI=1S/C38H42FN5O6/c1-5-29(41-34(45)30-17-16-28(22-40-30)50-32-20-24(4)42-43-35(32)46)36(47)44-31(26-14-11-15-27(39)21-26)18-19-33(44)38(6-2,7-3)37(48)49-23-25-12-9-8-10-13-25/h8-17,20-22,29,31,33H,5-7,18-19,23H2,1-4H3,(H,41,45)(H,43,46)/t29-,31+,33-/m1/s1. The molecule has 1 fully saturated rings. The number of hydrogen-bond donors (Lipinski definition) is 2. The van der Waals surface area contributed by atoms with Gasteiger partial charge in [-0.25, -0.2) is 14.5 Å². The monoisotopic (exact) mass is 683 g/mol. The summed E-state index contributed by atoms with van der Waals surface area (Å²) in [5, 5.41) is 8.99. The Morgan fingerprint density at radius 1 is 1.02 bits per heavy atom. The van der Waals surface area contributed by atoms with Gasteiger partial charge in [0, 0.05) is 12.1 Å². The van der Waals surface area contributed by atoms with Crippen molar-refractivity contribution in [2.24, 2.45) is 5.41 Å². The molecule has 1 aliphatic heterocycles. The van der Waals surface area contributed by atoms with Crippen molar-refractivity contribution >= 4 is 17.8 Å². The largest absolute Gasteiger partial charge is 0.460 e. The fourth-order valence-electron chi connectivity index (χ4n) is 6.72. The van der Waals surface area contributed by atoms with Crippen LogP contribution in [0.2, 0.25) is 0 Å². The van der Waals surface area contributed by atoms with Gasteiger partial charge in [0.15, 0.2) is 5.75 Å². The van der Waals surface area contributed by atoms with E-state index in [2.05, 4.69) is 20.5 Å². The van der Waals surface area contributed by atoms with E-state index < -0.39 is 46.8 Å². The van der Waals surface area contributed by atoms with E-state index in [1.807, 2.05) is 44.2 Å². The van der Waals surface area contributed by atoms with E-state index in [-0.39, 0.29) is 36.1 Å². The van der Waals surface area contributed by atoms with Crippen LogP contribution in [0.4, 0.5) is 4.39 Å². The number of amides is 2. The minimum absolute atomic E-state index is 0.0281. The molecule has 4 aromatic rings. The van der Waals surface area contributed by atoms with Gasteiger partial charge in [-0.05, 0) is 74.4 Å². The molecule has 0 saturated carbocycles. The Morgan fingerprint density at radius 3 is 2.44 bits per heavy atom. The van der Waals surface area contributed by atoms with Gasteiger partial charge in [0.25, 0.3) is 5.91 Å². The third kappa shape index (κ3) is 7.74. The topological polar surface area (TPSA) is 144 Å². The van der Waals surface area contributed by atoms with Crippen molar-refractivity contribution in [2.45, 2.75) is 84.5 Å². The minimum Gasteiger partial charge on any atom is -0.460 e. The summed E-state index contributed by atoms with van der Waals surface area (Å²) < 4.78 is 26.0. The summed E-state index contributed by atoms with van der Waals surface area (Å²) in [5.41, 5.74) is 0.490. The van der Waals surface area contributed by atoms with Crippen LogP contribution >= 0.6 is 0 Å². The molecule has 0 bridgehead atoms. The van der Waals surface area contributed by atoms with Crippen molar-refractivity contribution in [1.29, 1.82) is 0 Å². The van der Waals surface area contributed by atoms with Gasteiger partial charge in [-0.2, -0.15) is 5.10 Å². The number of benzene rings is 2. The zero-order chi connectivity index (χ0) is 35.8. The molecule has 2 amide bonds. The average Bonchev–Trinajstić information content (AvgIpc) is 3.58. The van der Waals surface area contributed by atoms with Crippen molar-refractivity contribution in [1.82, 2.24) is 25.4 Å². The maximum Gasteiger partial charge on any atom is 0.314 e. The van der Waals surface area contributed by atoms with Crippen LogP contribution in [0.1, 0.15) is 86.2 Å². The number of nitrogens with zero attached hydrogens (tertiary/aromatic N) is 3. The van der Waals surface area contributed by atoms with Crippen LogP contribution in [0.15, 0.2) is 83.8 Å². The van der Waals surface area contributed by atoms with Crippen molar-refractivity contribution in [3.05, 3.63) is 118 Å². The normalized spacial score (nSPS) is 16.5. The molecule has 50 heavy (non-hydrogen) atoms. The third-order valence-electron chi connectivity index (χ3n) is 9.50. The van der Waals surface area contributed by atoms with E-state index in [4.69, 9.17) is 9.47 Å². The van der Waals surface area contributed by atoms with Crippen LogP contribution in [0.25, 0.3) is 0 Å². The molecule has 0 aliphatic carbocycles. The summed E-state index contributed by atoms with van der Waals surface area (Å²) in [5.74, 6) is -1.55. The Kier molecular flexibility index (Phi) is 11.4. The average molecular weight is 684 g/mol. The summed E-state index contributed by atoms with van der Waals surface area (Å²) in [7, 11) is 0. The first-order chi connectivity index (χ1) is 24.1. The Balaban J connectivity index is 1.40. The van der Waals surface area contributed by atoms with Crippen LogP contribution in [0, 0.1) is 18.2 Å². The lowest BCUT2D eigenvalue weighted by Crippen LogP contribution is -2.56. The molecule has 0 unspecified atom stereocenters. The molecule has 3 heterocycles. The van der Waals surface area contributed by atoms with E-state index in [1.54, 1.807) is 30.9 Å². The van der Waals surface area contributed by atoms with E-state index in [1.165, 1.54) is 36.5 Å². The first kappa shape index (κ1) is 35.9. The number of aryl methyl sites for hydroxylation is 1. The molecule has 12 heteroatoms. The molecular formula is C38H42FN5O6. The minimum atomic E-state index is -1.04. The highest BCUT2D eigenvalue weighted by Gasteiger charge is 2.53. The van der Waals surface area contributed by atoms with E-state index in [9.17, 15) is 23.6 Å². The number of esters is 1. The highest BCUT2D eigenvalue weighted by atomic mass is 19.1. The van der Waals surface area contributed by atoms with Crippen LogP contribution in [0.3, 0.4) is 0 Å². The summed E-state index contributed by atoms with van der Waals surface area (Å²) >= 11 is 0. The van der Waals surface area contributed by atoms with Gasteiger partial charge in [-0.15, -0.1) is 0 Å². The van der Waals surface area contributed by atoms with Crippen molar-refractivity contribution in [2.75, 3.05) is 0 Å². The van der Waals surface area contributed by atoms with Crippen LogP contribution in [-0.4, -0.2) is 49.9 Å². The Bertz CT molecular complexity index is 1860. The van der Waals surface area contributed by atoms with Crippen molar-refractivity contribution in [3.8, 4) is 11.5 Å². The molecule has 2 aromatic carbocycles. The highest BCUT2D eigenvalue weighted by molar-refractivity contribution is 5.96. The fraction of sp³-hybridized carbons (Fsp3) is 0.368. The molecule has 2 aromatic heterocycles. The number of aromatic nitrogens is 3. The van der Waals surface area contributed by atoms with Crippen LogP contribution < -0.4 is 15.6 Å². The molecule has 262 valence electrons. The molecule has 5 rings (SSSR count). The lowest BCUT2D eigenvalue weighted by molar-refractivity contribution is -0.165. The first-order valence-electron chi connectivity index (χ1n) is 16.9. The van der Waals surface area contributed by atoms with Gasteiger partial charge < -0.3 is 19.7 Å². The summed E-state index contributed by atoms with van der Waals surface area (Å²) in [6.07, 6.45) is 3.37. The number of carbonyl (C=O) groups is 3. The lowest BCUT2D eigenvalue weighted by atomic mass is 9.74. The molecule has 11 nitrogen and oxygen atoms in total. The van der Waals surface area contributed by atoms with Crippen molar-refractivity contribution in [3.63, 3.8) is 0 Å². The Hall–Kier alpha value is -5.39. The molecule has 1 aliphatic rings. The first-order valence-corrected chi connectivity index (χ1v) is 16.9. The maximum absolute atomic E-state index is 14.6. The summed E-state index contributed by atoms with van der Waals surface area (Å²) in [6, 6.07) is 17.9. The van der Waals surface area contributed by atoms with Gasteiger partial charge in [0.2, 0.25) is 5.91 Å². The van der Waals surface area contributed by atoms with E-state index in [0.29, 0.717) is 36.9 Å². The SMILES string of the molecule is CC[C@@H](NC(=O)c1ccc(Oc2cc(C)n[nH]c2=O)cn1)C(=O)N1[C@H](c2cccc(F)c2)CC[C@@H]1C(CC)(CC)C(=O)OCc1ccccc1. The Labute approximate surface area is 290 Å². The lowest BCUT2D eigenvalue weighted by Gasteiger charge is -2.43. The number of H-pyrrole nitrogens is 1. The zero-order valence-electron chi connectivity index (χ0n) is 28.6. The van der Waals surface area contributed by atoms with Gasteiger partial charge in [-0.1, -0.05) is 63.2 Å². The smallest absolute Gasteiger partial charge is 0.314 e. The van der Waals surface area contributed by atoms with E-state index >= 15 is 0 Å². The molecule has 0 radical (unpaired) electrons. The number of likely N-dealkylation sites (tertiary alicyclic amines) is 1. The molecule has 3 atom stereocenters. The molecular weight excluding hydrogens is 641 g/mol. The fourth-order valence-corrected chi connectivity index (χ4v) is 6.72. The second-order valence-electron chi connectivity index (χ2n) is 12.5. The van der Waals surface area contributed by atoms with Gasteiger partial charge in [0.05, 0.1) is 23.3 Å². The Morgan fingerprint density at radius 2 is 1.78 bits per heavy atom. The van der Waals surface area contributed by atoms with Crippen molar-refractivity contribution < 1.29 is 28.2 Å². The number of ether oxygens (including phenoxy) is 2. The van der Waals surface area contributed by atoms with Gasteiger partial charge in [0.1, 0.15) is 29.9 Å². The van der Waals surface area contributed by atoms with Crippen LogP contribution in [0.5, 0.6) is 11.5 Å². The number of carbonyl (C=O) groups excluding carboxylic acids is 3. The number of halogens is 1. The second-order valence-corrected chi connectivity index (χ2v) is 12.5. The van der Waals surface area contributed by atoms with Gasteiger partial charge in [-0.3, -0.25) is 19.2 Å².